The average molecular weight is 164 g/mol. The van der Waals surface area contributed by atoms with Crippen molar-refractivity contribution in [1.29, 1.82) is 0 Å². The Hall–Kier alpha value is -1.09. The van der Waals surface area contributed by atoms with Crippen LogP contribution in [0.3, 0.4) is 0 Å². The topological polar surface area (TPSA) is 59.1 Å². The van der Waals surface area contributed by atoms with E-state index in [1.54, 1.807) is 6.20 Å². The highest BCUT2D eigenvalue weighted by Crippen LogP contribution is 2.28. The Kier molecular flexibility index (Phi) is 1.73. The van der Waals surface area contributed by atoms with E-state index in [9.17, 15) is 5.11 Å². The maximum Gasteiger partial charge on any atom is 0.0808 e. The minimum absolute atomic E-state index is 0.357. The van der Waals surface area contributed by atoms with Gasteiger partial charge in [0.25, 0.3) is 0 Å². The van der Waals surface area contributed by atoms with Crippen molar-refractivity contribution in [3.8, 4) is 0 Å². The Bertz CT molecular complexity index is 299. The summed E-state index contributed by atoms with van der Waals surface area (Å²) in [6, 6.07) is 1.83. The first-order valence-electron chi connectivity index (χ1n) is 4.20. The summed E-state index contributed by atoms with van der Waals surface area (Å²) in [6.07, 6.45) is 4.11. The van der Waals surface area contributed by atoms with Gasteiger partial charge in [-0.2, -0.15) is 0 Å². The molecule has 1 aromatic heterocycles. The van der Waals surface area contributed by atoms with Gasteiger partial charge in [0.15, 0.2) is 0 Å². The number of aromatic nitrogens is 1. The molecule has 3 N–H and O–H groups in total. The molecule has 0 fully saturated rings. The zero-order valence-corrected chi connectivity index (χ0v) is 6.83. The monoisotopic (exact) mass is 164 g/mol. The molecule has 1 heterocycles. The van der Waals surface area contributed by atoms with Crippen molar-refractivity contribution in [2.45, 2.75) is 25.4 Å². The molecule has 64 valence electrons. The predicted molar refractivity (Wildman–Crippen MR) is 46.5 cm³/mol. The Morgan fingerprint density at radius 1 is 1.58 bits per heavy atom. The predicted octanol–water partition coefficient (Wildman–Crippen LogP) is 1.03. The lowest BCUT2D eigenvalue weighted by Crippen LogP contribution is -2.11. The summed E-state index contributed by atoms with van der Waals surface area (Å²) in [5.74, 6) is 0. The Morgan fingerprint density at radius 3 is 3.25 bits per heavy atom. The molecule has 0 saturated carbocycles. The number of rotatable bonds is 0. The smallest absolute Gasteiger partial charge is 0.0808 e. The fourth-order valence-corrected chi connectivity index (χ4v) is 1.64. The summed E-state index contributed by atoms with van der Waals surface area (Å²) < 4.78 is 0. The zero-order valence-electron chi connectivity index (χ0n) is 6.83. The fourth-order valence-electron chi connectivity index (χ4n) is 1.64. The molecule has 1 atom stereocenters. The third kappa shape index (κ3) is 1.16. The van der Waals surface area contributed by atoms with Crippen molar-refractivity contribution in [2.24, 2.45) is 0 Å². The van der Waals surface area contributed by atoms with Crippen LogP contribution in [-0.4, -0.2) is 10.1 Å². The normalized spacial score (nSPS) is 21.9. The number of fused-ring (bicyclic) bond motifs is 1. The maximum atomic E-state index is 9.59. The zero-order chi connectivity index (χ0) is 8.55. The van der Waals surface area contributed by atoms with Gasteiger partial charge in [-0.3, -0.25) is 4.98 Å². The van der Waals surface area contributed by atoms with Crippen molar-refractivity contribution >= 4 is 5.69 Å². The van der Waals surface area contributed by atoms with E-state index in [0.29, 0.717) is 5.69 Å². The SMILES string of the molecule is Nc1cnc2c(c1)[C@@H](O)CCC2. The molecule has 1 aliphatic rings. The summed E-state index contributed by atoms with van der Waals surface area (Å²) in [7, 11) is 0. The molecule has 0 unspecified atom stereocenters. The summed E-state index contributed by atoms with van der Waals surface area (Å²) in [5, 5.41) is 9.59. The van der Waals surface area contributed by atoms with Crippen LogP contribution in [0.15, 0.2) is 12.3 Å². The number of anilines is 1. The Labute approximate surface area is 71.2 Å². The third-order valence-electron chi connectivity index (χ3n) is 2.27. The third-order valence-corrected chi connectivity index (χ3v) is 2.27. The van der Waals surface area contributed by atoms with Crippen LogP contribution in [0.2, 0.25) is 0 Å². The molecule has 3 heteroatoms. The van der Waals surface area contributed by atoms with Gasteiger partial charge in [0.05, 0.1) is 18.0 Å². The number of aliphatic hydroxyl groups is 1. The average Bonchev–Trinajstić information content (AvgIpc) is 2.07. The minimum Gasteiger partial charge on any atom is -0.397 e. The van der Waals surface area contributed by atoms with Gasteiger partial charge in [-0.15, -0.1) is 0 Å². The van der Waals surface area contributed by atoms with Gasteiger partial charge < -0.3 is 10.8 Å². The molecule has 2 rings (SSSR count). The molecule has 12 heavy (non-hydrogen) atoms. The van der Waals surface area contributed by atoms with Crippen LogP contribution in [0.4, 0.5) is 5.69 Å². The lowest BCUT2D eigenvalue weighted by molar-refractivity contribution is 0.155. The molecule has 1 aliphatic carbocycles. The number of hydrogen-bond donors (Lipinski definition) is 2. The largest absolute Gasteiger partial charge is 0.397 e. The van der Waals surface area contributed by atoms with Crippen LogP contribution in [0.1, 0.15) is 30.2 Å². The number of nitrogen functional groups attached to an aromatic ring is 1. The van der Waals surface area contributed by atoms with Crippen molar-refractivity contribution in [3.05, 3.63) is 23.5 Å². The molecule has 0 bridgehead atoms. The van der Waals surface area contributed by atoms with Crippen molar-refractivity contribution < 1.29 is 5.11 Å². The van der Waals surface area contributed by atoms with E-state index in [1.807, 2.05) is 6.07 Å². The molecule has 0 aromatic carbocycles. The highest BCUT2D eigenvalue weighted by molar-refractivity contribution is 5.41. The van der Waals surface area contributed by atoms with Crippen LogP contribution in [-0.2, 0) is 6.42 Å². The number of nitrogens with zero attached hydrogens (tertiary/aromatic N) is 1. The first-order chi connectivity index (χ1) is 5.77. The number of nitrogens with two attached hydrogens (primary N) is 1. The van der Waals surface area contributed by atoms with E-state index < -0.39 is 0 Å². The maximum absolute atomic E-state index is 9.59. The van der Waals surface area contributed by atoms with Gasteiger partial charge in [-0.05, 0) is 25.3 Å². The molecule has 0 spiro atoms. The van der Waals surface area contributed by atoms with Crippen LogP contribution >= 0.6 is 0 Å². The number of aryl methyl sites for hydroxylation is 1. The first kappa shape index (κ1) is 7.55. The second kappa shape index (κ2) is 2.75. The van der Waals surface area contributed by atoms with E-state index in [1.165, 1.54) is 0 Å². The molecular formula is C9H12N2O. The van der Waals surface area contributed by atoms with E-state index in [4.69, 9.17) is 5.73 Å². The number of pyridine rings is 1. The molecular weight excluding hydrogens is 152 g/mol. The quantitative estimate of drug-likeness (QED) is 0.602. The second-order valence-electron chi connectivity index (χ2n) is 3.21. The van der Waals surface area contributed by atoms with Gasteiger partial charge in [0.1, 0.15) is 0 Å². The van der Waals surface area contributed by atoms with Crippen LogP contribution in [0.5, 0.6) is 0 Å². The molecule has 0 saturated heterocycles. The number of hydrogen-bond acceptors (Lipinski definition) is 3. The lowest BCUT2D eigenvalue weighted by atomic mass is 9.93. The highest BCUT2D eigenvalue weighted by Gasteiger charge is 2.18. The Morgan fingerprint density at radius 2 is 2.42 bits per heavy atom. The van der Waals surface area contributed by atoms with Crippen molar-refractivity contribution in [3.63, 3.8) is 0 Å². The minimum atomic E-state index is -0.357. The van der Waals surface area contributed by atoms with Gasteiger partial charge in [-0.1, -0.05) is 0 Å². The van der Waals surface area contributed by atoms with Crippen molar-refractivity contribution in [2.75, 3.05) is 5.73 Å². The first-order valence-corrected chi connectivity index (χ1v) is 4.20. The molecule has 0 amide bonds. The number of aliphatic hydroxyl groups excluding tert-OH is 1. The summed E-state index contributed by atoms with van der Waals surface area (Å²) in [6.45, 7) is 0. The van der Waals surface area contributed by atoms with E-state index in [-0.39, 0.29) is 6.10 Å². The molecule has 1 aromatic rings. The summed E-state index contributed by atoms with van der Waals surface area (Å²) in [5.41, 5.74) is 8.13. The van der Waals surface area contributed by atoms with E-state index in [2.05, 4.69) is 4.98 Å². The summed E-state index contributed by atoms with van der Waals surface area (Å²) >= 11 is 0. The van der Waals surface area contributed by atoms with Gasteiger partial charge >= 0.3 is 0 Å². The van der Waals surface area contributed by atoms with E-state index in [0.717, 1.165) is 30.5 Å². The molecule has 3 nitrogen and oxygen atoms in total. The van der Waals surface area contributed by atoms with E-state index >= 15 is 0 Å². The Balaban J connectivity index is 2.47. The van der Waals surface area contributed by atoms with Crippen LogP contribution < -0.4 is 5.73 Å². The van der Waals surface area contributed by atoms with Crippen LogP contribution in [0, 0.1) is 0 Å². The standard InChI is InChI=1S/C9H12N2O/c10-6-4-7-8(11-5-6)2-1-3-9(7)12/h4-5,9,12H,1-3,10H2/t9-/m0/s1. The van der Waals surface area contributed by atoms with Gasteiger partial charge in [0.2, 0.25) is 0 Å². The fraction of sp³-hybridized carbons (Fsp3) is 0.444. The van der Waals surface area contributed by atoms with Crippen LogP contribution in [0.25, 0.3) is 0 Å². The summed E-state index contributed by atoms with van der Waals surface area (Å²) in [4.78, 5) is 4.18. The van der Waals surface area contributed by atoms with Gasteiger partial charge in [0, 0.05) is 11.3 Å². The highest BCUT2D eigenvalue weighted by atomic mass is 16.3. The molecule has 0 radical (unpaired) electrons. The van der Waals surface area contributed by atoms with Crippen molar-refractivity contribution in [1.82, 2.24) is 4.98 Å². The molecule has 0 aliphatic heterocycles. The lowest BCUT2D eigenvalue weighted by Gasteiger charge is -2.20. The second-order valence-corrected chi connectivity index (χ2v) is 3.21. The van der Waals surface area contributed by atoms with Gasteiger partial charge in [-0.25, -0.2) is 0 Å².